The lowest BCUT2D eigenvalue weighted by Crippen LogP contribution is -2.63. The van der Waals surface area contributed by atoms with Gasteiger partial charge in [0.25, 0.3) is 0 Å². The number of aryl methyl sites for hydroxylation is 2. The summed E-state index contributed by atoms with van der Waals surface area (Å²) in [5.74, 6) is -6.89. The van der Waals surface area contributed by atoms with Crippen molar-refractivity contribution in [3.8, 4) is 22.6 Å². The van der Waals surface area contributed by atoms with Crippen LogP contribution in [0.25, 0.3) is 31.3 Å². The molecule has 0 spiro atoms. The highest BCUT2D eigenvalue weighted by atomic mass is 35.5. The summed E-state index contributed by atoms with van der Waals surface area (Å²) < 4.78 is 53.9. The van der Waals surface area contributed by atoms with Crippen molar-refractivity contribution in [2.75, 3.05) is 93.5 Å². The fourth-order valence-electron chi connectivity index (χ4n) is 16.2. The fourth-order valence-corrected chi connectivity index (χ4v) is 18.8. The Morgan fingerprint density at radius 2 is 1.10 bits per heavy atom. The number of halogens is 2. The molecule has 2 aromatic heterocycles. The number of primary amides is 1. The standard InChI is InChI=1S/C90H107Cl2N11O23S2/c1-47(2)77(99-84(112)64(96-50(5)104)24-16-17-32-95-88(115)119-43-63-61-22-14-12-20-59(61)60-21-13-15-23-62(60)63)85(113)98-65(25-19-33-94-87(93)114)83(111)97-58-30-28-55(29-31-58)42-120-89(116)100(10)34-35-101(11)90(117)126-69-37-67-76(74-49(4)46-128-82(69)74)57(39-92)41-103(67)72(110)27-18-26-71(109)102-40-56(38-91)75-66(102)36-68(81-73(75)48(3)45-127-81)124-86-80(123-54(9)108)79(122-53(8)107)78(121-52(7)106)70(125-86)44-118-51(6)105/h12-15,20-23,28-31,36-37,45-47,56-57,63-65,70,77-80,86H,16-19,24-27,32-35,38-44H2,1-11H3,(H,95,115)(H,96,104)(H,97,111)(H,98,113)(H,99,112)(H3,93,94,114)/t56-,57-,64+,65+,70-,77+,78+,79+,80-,86-/m1/s1. The van der Waals surface area contributed by atoms with Crippen LogP contribution in [0.5, 0.6) is 11.5 Å². The van der Waals surface area contributed by atoms with Gasteiger partial charge in [0.2, 0.25) is 47.8 Å². The van der Waals surface area contributed by atoms with Gasteiger partial charge in [-0.3, -0.25) is 47.9 Å². The van der Waals surface area contributed by atoms with E-state index in [0.29, 0.717) is 44.9 Å². The van der Waals surface area contributed by atoms with E-state index in [2.05, 4.69) is 31.9 Å². The first-order valence-electron chi connectivity index (χ1n) is 42.1. The summed E-state index contributed by atoms with van der Waals surface area (Å²) in [5.41, 5.74) is 14.8. The Hall–Kier alpha value is -11.9. The number of alkyl halides is 2. The molecule has 1 aliphatic carbocycles. The third-order valence-electron chi connectivity index (χ3n) is 22.4. The predicted octanol–water partition coefficient (Wildman–Crippen LogP) is 11.3. The van der Waals surface area contributed by atoms with Crippen molar-refractivity contribution in [1.82, 2.24) is 36.4 Å². The number of unbranched alkanes of at least 4 members (excludes halogenated alkanes) is 1. The number of urea groups is 1. The number of fused-ring (bicyclic) bond motifs is 9. The monoisotopic (exact) mass is 1840 g/mol. The van der Waals surface area contributed by atoms with Crippen LogP contribution in [0.15, 0.2) is 95.7 Å². The number of nitrogens with two attached hydrogens (primary N) is 1. The van der Waals surface area contributed by atoms with E-state index in [1.165, 1.54) is 53.5 Å². The number of anilines is 3. The zero-order chi connectivity index (χ0) is 92.5. The first-order chi connectivity index (χ1) is 61.1. The molecule has 8 N–H and O–H groups in total. The lowest BCUT2D eigenvalue weighted by molar-refractivity contribution is -0.288. The van der Waals surface area contributed by atoms with Crippen LogP contribution in [0.4, 0.5) is 36.2 Å². The first kappa shape index (κ1) is 96.8. The van der Waals surface area contributed by atoms with Crippen LogP contribution >= 0.6 is 45.9 Å². The molecule has 1 fully saturated rings. The molecule has 3 aliphatic heterocycles. The molecule has 38 heteroatoms. The van der Waals surface area contributed by atoms with E-state index in [1.807, 2.05) is 73.1 Å². The van der Waals surface area contributed by atoms with Crippen LogP contribution in [-0.4, -0.2) is 221 Å². The van der Waals surface area contributed by atoms with Gasteiger partial charge in [-0.05, 0) is 131 Å². The minimum atomic E-state index is -1.58. The Bertz CT molecular complexity index is 5280. The number of amides is 11. The molecule has 7 aromatic rings. The summed E-state index contributed by atoms with van der Waals surface area (Å²) in [7, 11) is 3.00. The van der Waals surface area contributed by atoms with Gasteiger partial charge >= 0.3 is 48.2 Å². The molecular formula is C90H107Cl2N11O23S2. The topological polar surface area (TPSA) is 433 Å². The zero-order valence-electron chi connectivity index (χ0n) is 72.9. The number of thiophene rings is 2. The number of nitrogens with zero attached hydrogens (tertiary/aromatic N) is 4. The molecule has 0 radical (unpaired) electrons. The summed E-state index contributed by atoms with van der Waals surface area (Å²) in [6.45, 7) is 13.1. The quantitative estimate of drug-likeness (QED) is 0.00818. The summed E-state index contributed by atoms with van der Waals surface area (Å²) in [6, 6.07) is 21.5. The Morgan fingerprint density at radius 3 is 1.66 bits per heavy atom. The van der Waals surface area contributed by atoms with Crippen LogP contribution in [0, 0.1) is 19.8 Å². The summed E-state index contributed by atoms with van der Waals surface area (Å²) in [4.78, 5) is 192. The van der Waals surface area contributed by atoms with Crippen molar-refractivity contribution in [1.29, 1.82) is 0 Å². The van der Waals surface area contributed by atoms with Crippen LogP contribution in [0.2, 0.25) is 0 Å². The van der Waals surface area contributed by atoms with E-state index in [9.17, 15) is 67.1 Å². The number of carbonyl (C=O) groups is 14. The molecule has 11 amide bonds. The maximum absolute atomic E-state index is 14.7. The maximum atomic E-state index is 14.7. The summed E-state index contributed by atoms with van der Waals surface area (Å²) >= 11 is 16.1. The maximum Gasteiger partial charge on any atom is 0.415 e. The molecule has 5 heterocycles. The molecule has 686 valence electrons. The van der Waals surface area contributed by atoms with Gasteiger partial charge in [-0.2, -0.15) is 0 Å². The van der Waals surface area contributed by atoms with Gasteiger partial charge < -0.3 is 99.9 Å². The molecule has 11 rings (SSSR count). The lowest BCUT2D eigenvalue weighted by Gasteiger charge is -2.44. The highest BCUT2D eigenvalue weighted by molar-refractivity contribution is 7.18. The van der Waals surface area contributed by atoms with Crippen molar-refractivity contribution < 1.29 is 110 Å². The van der Waals surface area contributed by atoms with Crippen LogP contribution in [-0.2, 0) is 87.7 Å². The van der Waals surface area contributed by atoms with Gasteiger partial charge in [0.15, 0.2) is 18.0 Å². The number of ether oxygens (including phenoxy) is 9. The number of likely N-dealkylation sites (N-methyl/N-ethyl adjacent to an activating group) is 2. The highest BCUT2D eigenvalue weighted by Crippen LogP contribution is 2.52. The smallest absolute Gasteiger partial charge is 0.415 e. The third kappa shape index (κ3) is 23.9. The van der Waals surface area contributed by atoms with Crippen LogP contribution in [0.3, 0.4) is 0 Å². The first-order valence-corrected chi connectivity index (χ1v) is 45.0. The number of hydrogen-bond donors (Lipinski definition) is 7. The zero-order valence-corrected chi connectivity index (χ0v) is 76.1. The molecule has 5 aromatic carbocycles. The number of nitrogens with one attached hydrogen (secondary N) is 6. The van der Waals surface area contributed by atoms with Crippen LogP contribution in [0.1, 0.15) is 157 Å². The molecule has 0 saturated carbocycles. The third-order valence-corrected chi connectivity index (χ3v) is 25.4. The molecular weight excluding hydrogens is 1740 g/mol. The second kappa shape index (κ2) is 44.2. The normalized spacial score (nSPS) is 17.8. The Balaban J connectivity index is 0.661. The van der Waals surface area contributed by atoms with Crippen molar-refractivity contribution in [3.05, 3.63) is 135 Å². The molecule has 0 unspecified atom stereocenters. The Kier molecular flexibility index (Phi) is 33.4. The number of esters is 4. The van der Waals surface area contributed by atoms with E-state index in [1.54, 1.807) is 60.0 Å². The number of rotatable bonds is 38. The van der Waals surface area contributed by atoms with Gasteiger partial charge in [0.05, 0.1) is 20.8 Å². The molecule has 128 heavy (non-hydrogen) atoms. The van der Waals surface area contributed by atoms with Gasteiger partial charge in [-0.25, -0.2) is 19.2 Å². The van der Waals surface area contributed by atoms with Crippen molar-refractivity contribution in [2.24, 2.45) is 11.7 Å². The van der Waals surface area contributed by atoms with E-state index in [-0.39, 0.29) is 144 Å². The number of benzene rings is 5. The molecule has 0 bridgehead atoms. The molecule has 4 aliphatic rings. The number of alkyl carbamates (subject to hydrolysis) is 1. The summed E-state index contributed by atoms with van der Waals surface area (Å²) in [5, 5.41) is 21.6. The Morgan fingerprint density at radius 1 is 0.570 bits per heavy atom. The largest absolute Gasteiger partial charge is 0.463 e. The van der Waals surface area contributed by atoms with E-state index >= 15 is 0 Å². The van der Waals surface area contributed by atoms with E-state index in [0.717, 1.165) is 83.0 Å². The average Bonchev–Trinajstić information content (AvgIpc) is 1.59. The van der Waals surface area contributed by atoms with Gasteiger partial charge in [-0.1, -0.05) is 74.5 Å². The van der Waals surface area contributed by atoms with Gasteiger partial charge in [0, 0.05) is 159 Å². The van der Waals surface area contributed by atoms with Gasteiger partial charge in [-0.15, -0.1) is 45.9 Å². The highest BCUT2D eigenvalue weighted by Gasteiger charge is 2.54. The molecule has 1 saturated heterocycles. The van der Waals surface area contributed by atoms with Crippen molar-refractivity contribution in [3.63, 3.8) is 0 Å². The molecule has 10 atom stereocenters. The number of carbonyl (C=O) groups excluding carboxylic acids is 14. The predicted molar refractivity (Wildman–Crippen MR) is 478 cm³/mol. The van der Waals surface area contributed by atoms with Gasteiger partial charge in [0.1, 0.15) is 49.8 Å². The minimum absolute atomic E-state index is 0.00445. The van der Waals surface area contributed by atoms with Crippen molar-refractivity contribution in [2.45, 2.75) is 187 Å². The van der Waals surface area contributed by atoms with Crippen molar-refractivity contribution >= 4 is 167 Å². The minimum Gasteiger partial charge on any atom is -0.463 e. The SMILES string of the molecule is CC(=O)N[C@@H](CCCCNC(=O)OCC1c2ccccc2-c2ccccc21)C(=O)N[C@H](C(=O)N[C@@H](CCCNC(N)=O)C(=O)Nc1ccc(COC(=O)N(C)CCN(C)C(=O)Oc2cc3c(c4c(C)csc24)[C@H](CCl)CN3C(=O)CCCC(=O)N2C[C@@H](CCl)c3c2cc(O[C@@H]2O[C@H](COC(C)=O)[C@H](OC(C)=O)[C@H](OC(C)=O)[C@H]2OC(C)=O)c2scc(C)c32)cc1)C(C)C. The molecule has 34 nitrogen and oxygen atoms in total. The van der Waals surface area contributed by atoms with E-state index in [4.69, 9.17) is 71.6 Å². The summed E-state index contributed by atoms with van der Waals surface area (Å²) in [6.07, 6.45) is -8.31. The van der Waals surface area contributed by atoms with E-state index < -0.39 is 133 Å². The lowest BCUT2D eigenvalue weighted by atomic mass is 9.96. The average molecular weight is 1850 g/mol. The van der Waals surface area contributed by atoms with Crippen LogP contribution < -0.4 is 56.9 Å². The number of hydrogen-bond acceptors (Lipinski definition) is 25. The second-order valence-electron chi connectivity index (χ2n) is 32.3. The second-order valence-corrected chi connectivity index (χ2v) is 34.7. The fraction of sp³-hybridized carbons (Fsp3) is 0.467. The Labute approximate surface area is 757 Å².